The van der Waals surface area contributed by atoms with Gasteiger partial charge in [0.1, 0.15) is 21.9 Å². The van der Waals surface area contributed by atoms with Crippen molar-refractivity contribution in [3.8, 4) is 11.1 Å². The molecular weight excluding hydrogens is 295 g/mol. The standard InChI is InChI=1S/C12H5Cl2F2N3/c13-10-9(7-2-1-6(15)5-8(7)16)11(14)19-4-3-17-12(19)18-10/h1-5H. The van der Waals surface area contributed by atoms with Crippen LogP contribution in [0.1, 0.15) is 0 Å². The van der Waals surface area contributed by atoms with Crippen LogP contribution in [-0.2, 0) is 0 Å². The highest BCUT2D eigenvalue weighted by atomic mass is 35.5. The summed E-state index contributed by atoms with van der Waals surface area (Å²) in [6, 6.07) is 3.16. The topological polar surface area (TPSA) is 30.2 Å². The Morgan fingerprint density at radius 3 is 2.68 bits per heavy atom. The van der Waals surface area contributed by atoms with Gasteiger partial charge in [-0.1, -0.05) is 23.2 Å². The number of rotatable bonds is 1. The summed E-state index contributed by atoms with van der Waals surface area (Å²) >= 11 is 12.2. The highest BCUT2D eigenvalue weighted by Gasteiger charge is 2.18. The summed E-state index contributed by atoms with van der Waals surface area (Å²) in [6.45, 7) is 0. The van der Waals surface area contributed by atoms with E-state index in [4.69, 9.17) is 23.2 Å². The van der Waals surface area contributed by atoms with E-state index in [1.807, 2.05) is 0 Å². The molecule has 0 aliphatic heterocycles. The summed E-state index contributed by atoms with van der Waals surface area (Å²) in [5, 5.41) is 0.173. The minimum absolute atomic E-state index is 0.00853. The molecule has 0 unspecified atom stereocenters. The smallest absolute Gasteiger partial charge is 0.236 e. The van der Waals surface area contributed by atoms with Crippen molar-refractivity contribution in [2.24, 2.45) is 0 Å². The van der Waals surface area contributed by atoms with Crippen molar-refractivity contribution >= 4 is 29.0 Å². The predicted molar refractivity (Wildman–Crippen MR) is 68.4 cm³/mol. The molecule has 3 nitrogen and oxygen atoms in total. The Morgan fingerprint density at radius 2 is 1.95 bits per heavy atom. The molecule has 0 spiro atoms. The van der Waals surface area contributed by atoms with Crippen molar-refractivity contribution in [3.05, 3.63) is 52.5 Å². The maximum absolute atomic E-state index is 13.8. The van der Waals surface area contributed by atoms with Crippen LogP contribution < -0.4 is 0 Å². The van der Waals surface area contributed by atoms with E-state index in [2.05, 4.69) is 9.97 Å². The van der Waals surface area contributed by atoms with Gasteiger partial charge in [-0.05, 0) is 12.1 Å². The van der Waals surface area contributed by atoms with E-state index in [1.54, 1.807) is 6.20 Å². The van der Waals surface area contributed by atoms with Gasteiger partial charge < -0.3 is 0 Å². The molecule has 0 aliphatic carbocycles. The van der Waals surface area contributed by atoms with E-state index < -0.39 is 11.6 Å². The van der Waals surface area contributed by atoms with E-state index in [9.17, 15) is 8.78 Å². The first kappa shape index (κ1) is 12.3. The molecule has 2 aromatic heterocycles. The van der Waals surface area contributed by atoms with Crippen LogP contribution in [0.15, 0.2) is 30.6 Å². The van der Waals surface area contributed by atoms with Crippen LogP contribution in [0.5, 0.6) is 0 Å². The molecule has 0 atom stereocenters. The first-order valence-electron chi connectivity index (χ1n) is 5.21. The lowest BCUT2D eigenvalue weighted by molar-refractivity contribution is 0.585. The lowest BCUT2D eigenvalue weighted by Crippen LogP contribution is -1.97. The zero-order valence-electron chi connectivity index (χ0n) is 9.24. The van der Waals surface area contributed by atoms with Gasteiger partial charge in [-0.15, -0.1) is 0 Å². The maximum atomic E-state index is 13.8. The average Bonchev–Trinajstić information content (AvgIpc) is 2.80. The number of nitrogens with zero attached hydrogens (tertiary/aromatic N) is 3. The average molecular weight is 300 g/mol. The van der Waals surface area contributed by atoms with Gasteiger partial charge in [0.05, 0.1) is 5.56 Å². The third-order valence-corrected chi connectivity index (χ3v) is 3.29. The first-order valence-corrected chi connectivity index (χ1v) is 5.97. The van der Waals surface area contributed by atoms with Crippen molar-refractivity contribution in [2.45, 2.75) is 0 Å². The Morgan fingerprint density at radius 1 is 1.16 bits per heavy atom. The molecule has 0 N–H and O–H groups in total. The minimum atomic E-state index is -0.759. The van der Waals surface area contributed by atoms with Gasteiger partial charge in [0.25, 0.3) is 0 Å². The van der Waals surface area contributed by atoms with Crippen LogP contribution in [-0.4, -0.2) is 14.4 Å². The van der Waals surface area contributed by atoms with Crippen LogP contribution in [0.2, 0.25) is 10.3 Å². The summed E-state index contributed by atoms with van der Waals surface area (Å²) in [7, 11) is 0. The first-order chi connectivity index (χ1) is 9.08. The Balaban J connectivity index is 2.35. The van der Waals surface area contributed by atoms with Gasteiger partial charge in [0.15, 0.2) is 0 Å². The molecular formula is C12H5Cl2F2N3. The number of halogens is 4. The summed E-state index contributed by atoms with van der Waals surface area (Å²) in [5.74, 6) is -1.13. The number of hydrogen-bond acceptors (Lipinski definition) is 2. The van der Waals surface area contributed by atoms with E-state index >= 15 is 0 Å². The lowest BCUT2D eigenvalue weighted by atomic mass is 10.1. The second-order valence-corrected chi connectivity index (χ2v) is 4.51. The zero-order chi connectivity index (χ0) is 13.6. The molecule has 2 heterocycles. The van der Waals surface area contributed by atoms with Gasteiger partial charge >= 0.3 is 0 Å². The van der Waals surface area contributed by atoms with Gasteiger partial charge in [0.2, 0.25) is 5.78 Å². The summed E-state index contributed by atoms with van der Waals surface area (Å²) < 4.78 is 28.2. The summed E-state index contributed by atoms with van der Waals surface area (Å²) in [6.07, 6.45) is 3.07. The van der Waals surface area contributed by atoms with E-state index in [-0.39, 0.29) is 21.4 Å². The number of hydrogen-bond donors (Lipinski definition) is 0. The van der Waals surface area contributed by atoms with Crippen LogP contribution in [0.25, 0.3) is 16.9 Å². The number of imidazole rings is 1. The Bertz CT molecular complexity index is 786. The Hall–Kier alpha value is -1.72. The lowest BCUT2D eigenvalue weighted by Gasteiger charge is -2.09. The van der Waals surface area contributed by atoms with E-state index in [0.717, 1.165) is 12.1 Å². The largest absolute Gasteiger partial charge is 0.273 e. The van der Waals surface area contributed by atoms with Crippen LogP contribution in [0.3, 0.4) is 0 Å². The number of fused-ring (bicyclic) bond motifs is 1. The molecule has 0 saturated carbocycles. The summed E-state index contributed by atoms with van der Waals surface area (Å²) in [4.78, 5) is 7.95. The normalized spacial score (nSPS) is 11.2. The molecule has 3 aromatic rings. The second-order valence-electron chi connectivity index (χ2n) is 3.79. The quantitative estimate of drug-likeness (QED) is 0.636. The molecule has 0 fully saturated rings. The Kier molecular flexibility index (Phi) is 2.88. The zero-order valence-corrected chi connectivity index (χ0v) is 10.8. The number of benzene rings is 1. The fraction of sp³-hybridized carbons (Fsp3) is 0. The molecule has 1 aromatic carbocycles. The molecule has 0 aliphatic rings. The third-order valence-electron chi connectivity index (χ3n) is 2.64. The van der Waals surface area contributed by atoms with Crippen molar-refractivity contribution in [1.82, 2.24) is 14.4 Å². The summed E-state index contributed by atoms with van der Waals surface area (Å²) in [5.41, 5.74) is 0.283. The van der Waals surface area contributed by atoms with Crippen molar-refractivity contribution in [2.75, 3.05) is 0 Å². The van der Waals surface area contributed by atoms with Crippen molar-refractivity contribution in [3.63, 3.8) is 0 Å². The molecule has 96 valence electrons. The molecule has 3 rings (SSSR count). The van der Waals surface area contributed by atoms with E-state index in [0.29, 0.717) is 5.78 Å². The SMILES string of the molecule is Fc1ccc(-c2c(Cl)nc3nccn3c2Cl)c(F)c1. The monoisotopic (exact) mass is 299 g/mol. The minimum Gasteiger partial charge on any atom is -0.273 e. The maximum Gasteiger partial charge on any atom is 0.236 e. The van der Waals surface area contributed by atoms with Crippen LogP contribution in [0, 0.1) is 11.6 Å². The van der Waals surface area contributed by atoms with E-state index in [1.165, 1.54) is 16.7 Å². The van der Waals surface area contributed by atoms with Crippen molar-refractivity contribution in [1.29, 1.82) is 0 Å². The molecule has 7 heteroatoms. The Labute approximate surface area is 116 Å². The molecule has 19 heavy (non-hydrogen) atoms. The molecule has 0 amide bonds. The molecule has 0 saturated heterocycles. The predicted octanol–water partition coefficient (Wildman–Crippen LogP) is 3.98. The highest BCUT2D eigenvalue weighted by molar-refractivity contribution is 6.38. The van der Waals surface area contributed by atoms with Gasteiger partial charge in [-0.25, -0.2) is 13.8 Å². The molecule has 0 bridgehead atoms. The van der Waals surface area contributed by atoms with Gasteiger partial charge in [-0.3, -0.25) is 4.40 Å². The second kappa shape index (κ2) is 4.43. The van der Waals surface area contributed by atoms with Gasteiger partial charge in [0, 0.05) is 24.0 Å². The molecule has 0 radical (unpaired) electrons. The fourth-order valence-electron chi connectivity index (χ4n) is 1.80. The van der Waals surface area contributed by atoms with Crippen LogP contribution >= 0.6 is 23.2 Å². The fourth-order valence-corrected chi connectivity index (χ4v) is 2.43. The van der Waals surface area contributed by atoms with Gasteiger partial charge in [-0.2, -0.15) is 4.98 Å². The third kappa shape index (κ3) is 1.95. The highest BCUT2D eigenvalue weighted by Crippen LogP contribution is 2.35. The van der Waals surface area contributed by atoms with Crippen LogP contribution in [0.4, 0.5) is 8.78 Å². The van der Waals surface area contributed by atoms with Crippen molar-refractivity contribution < 1.29 is 8.78 Å². The number of aromatic nitrogens is 3.